The molecule has 0 radical (unpaired) electrons. The third kappa shape index (κ3) is 2.50. The van der Waals surface area contributed by atoms with E-state index in [1.807, 2.05) is 0 Å². The van der Waals surface area contributed by atoms with E-state index in [2.05, 4.69) is 0 Å². The first-order valence-electron chi connectivity index (χ1n) is 3.42. The van der Waals surface area contributed by atoms with E-state index in [1.165, 1.54) is 0 Å². The lowest BCUT2D eigenvalue weighted by Crippen LogP contribution is -2.09. The van der Waals surface area contributed by atoms with Crippen LogP contribution in [-0.4, -0.2) is 16.7 Å². The van der Waals surface area contributed by atoms with Gasteiger partial charge in [-0.2, -0.15) is 0 Å². The Morgan fingerprint density at radius 2 is 1.50 bits per heavy atom. The van der Waals surface area contributed by atoms with Crippen molar-refractivity contribution in [3.8, 4) is 0 Å². The molecule has 12 heavy (non-hydrogen) atoms. The minimum atomic E-state index is -3.54. The molecular formula is C5H8Cl3O3P. The fraction of sp³-hybridized carbons (Fsp3) is 1.00. The van der Waals surface area contributed by atoms with Gasteiger partial charge in [-0.1, -0.05) is 34.8 Å². The largest absolute Gasteiger partial charge is 0.381 e. The second kappa shape index (κ2) is 4.04. The lowest BCUT2D eigenvalue weighted by Gasteiger charge is -2.21. The van der Waals surface area contributed by atoms with E-state index in [0.29, 0.717) is 13.2 Å². The van der Waals surface area contributed by atoms with Crippen molar-refractivity contribution in [2.24, 2.45) is 0 Å². The van der Waals surface area contributed by atoms with Gasteiger partial charge in [0.25, 0.3) is 3.53 Å². The van der Waals surface area contributed by atoms with Crippen molar-refractivity contribution in [1.82, 2.24) is 0 Å². The highest BCUT2D eigenvalue weighted by Crippen LogP contribution is 2.67. The van der Waals surface area contributed by atoms with E-state index < -0.39 is 11.1 Å². The van der Waals surface area contributed by atoms with Crippen LogP contribution in [0.25, 0.3) is 0 Å². The van der Waals surface area contributed by atoms with Gasteiger partial charge in [-0.25, -0.2) is 0 Å². The molecule has 1 saturated heterocycles. The molecule has 1 fully saturated rings. The molecule has 0 aromatic rings. The van der Waals surface area contributed by atoms with Gasteiger partial charge in [-0.15, -0.1) is 0 Å². The van der Waals surface area contributed by atoms with Crippen LogP contribution >= 0.6 is 42.4 Å². The van der Waals surface area contributed by atoms with Crippen molar-refractivity contribution in [1.29, 1.82) is 0 Å². The zero-order valence-electron chi connectivity index (χ0n) is 6.13. The Kier molecular flexibility index (Phi) is 3.73. The molecule has 1 aliphatic rings. The van der Waals surface area contributed by atoms with Crippen LogP contribution in [0, 0.1) is 0 Å². The summed E-state index contributed by atoms with van der Waals surface area (Å²) in [5, 5.41) is 0. The maximum Gasteiger partial charge on any atom is 0.381 e. The quantitative estimate of drug-likeness (QED) is 0.491. The molecule has 0 saturated carbocycles. The lowest BCUT2D eigenvalue weighted by atomic mass is 10.3. The average Bonchev–Trinajstić information content (AvgIpc) is 2.12. The zero-order valence-corrected chi connectivity index (χ0v) is 9.30. The van der Waals surface area contributed by atoms with E-state index >= 15 is 0 Å². The normalized spacial score (nSPS) is 24.9. The third-order valence-corrected chi connectivity index (χ3v) is 4.90. The Hall–Kier alpha value is 1.02. The highest BCUT2D eigenvalue weighted by atomic mass is 35.6. The molecule has 1 rings (SSSR count). The van der Waals surface area contributed by atoms with Crippen LogP contribution in [-0.2, 0) is 13.6 Å². The van der Waals surface area contributed by atoms with Crippen molar-refractivity contribution >= 4 is 42.4 Å². The van der Waals surface area contributed by atoms with Crippen molar-refractivity contribution in [3.05, 3.63) is 0 Å². The molecule has 0 bridgehead atoms. The number of hydrogen-bond acceptors (Lipinski definition) is 3. The van der Waals surface area contributed by atoms with E-state index in [4.69, 9.17) is 43.9 Å². The SMILES string of the molecule is O=P1(C(Cl)(Cl)Cl)OCCCCO1. The number of halogens is 3. The summed E-state index contributed by atoms with van der Waals surface area (Å²) in [7, 11) is -3.54. The molecule has 0 aromatic heterocycles. The van der Waals surface area contributed by atoms with Crippen molar-refractivity contribution in [2.45, 2.75) is 16.4 Å². The highest BCUT2D eigenvalue weighted by Gasteiger charge is 2.48. The third-order valence-electron chi connectivity index (χ3n) is 1.37. The fourth-order valence-electron chi connectivity index (χ4n) is 0.757. The molecule has 0 unspecified atom stereocenters. The van der Waals surface area contributed by atoms with E-state index in [1.54, 1.807) is 0 Å². The van der Waals surface area contributed by atoms with Crippen LogP contribution in [0.5, 0.6) is 0 Å². The van der Waals surface area contributed by atoms with Gasteiger partial charge in [0.05, 0.1) is 13.2 Å². The number of alkyl halides is 3. The standard InChI is InChI=1S/C5H8Cl3O3P/c6-5(7,8)12(9)10-3-1-2-4-11-12/h1-4H2. The number of hydrogen-bond donors (Lipinski definition) is 0. The van der Waals surface area contributed by atoms with E-state index in [0.717, 1.165) is 12.8 Å². The molecule has 3 nitrogen and oxygen atoms in total. The molecule has 0 amide bonds. The molecule has 0 aromatic carbocycles. The van der Waals surface area contributed by atoms with Crippen LogP contribution in [0.3, 0.4) is 0 Å². The molecule has 0 aliphatic carbocycles. The Morgan fingerprint density at radius 3 is 1.83 bits per heavy atom. The van der Waals surface area contributed by atoms with Crippen LogP contribution in [0.1, 0.15) is 12.8 Å². The molecule has 0 spiro atoms. The summed E-state index contributed by atoms with van der Waals surface area (Å²) in [5.41, 5.74) is 0. The topological polar surface area (TPSA) is 35.5 Å². The Balaban J connectivity index is 2.74. The van der Waals surface area contributed by atoms with Crippen molar-refractivity contribution < 1.29 is 13.6 Å². The van der Waals surface area contributed by atoms with Crippen molar-refractivity contribution in [3.63, 3.8) is 0 Å². The van der Waals surface area contributed by atoms with E-state index in [9.17, 15) is 4.57 Å². The summed E-state index contributed by atoms with van der Waals surface area (Å²) in [5.74, 6) is 0. The minimum absolute atomic E-state index is 0.311. The van der Waals surface area contributed by atoms with Crippen LogP contribution in [0.15, 0.2) is 0 Å². The van der Waals surface area contributed by atoms with Gasteiger partial charge in [0, 0.05) is 0 Å². The second-order valence-electron chi connectivity index (χ2n) is 2.34. The van der Waals surface area contributed by atoms with Crippen molar-refractivity contribution in [2.75, 3.05) is 13.2 Å². The predicted molar refractivity (Wildman–Crippen MR) is 49.0 cm³/mol. The first-order chi connectivity index (χ1) is 5.46. The van der Waals surface area contributed by atoms with Gasteiger partial charge < -0.3 is 9.05 Å². The van der Waals surface area contributed by atoms with E-state index in [-0.39, 0.29) is 0 Å². The van der Waals surface area contributed by atoms with Gasteiger partial charge in [-0.3, -0.25) is 4.57 Å². The van der Waals surface area contributed by atoms with Gasteiger partial charge in [0.2, 0.25) is 0 Å². The molecule has 1 aliphatic heterocycles. The molecule has 0 N–H and O–H groups in total. The maximum atomic E-state index is 11.6. The minimum Gasteiger partial charge on any atom is -0.306 e. The first-order valence-corrected chi connectivity index (χ1v) is 6.09. The lowest BCUT2D eigenvalue weighted by molar-refractivity contribution is 0.239. The monoisotopic (exact) mass is 252 g/mol. The fourth-order valence-corrected chi connectivity index (χ4v) is 2.74. The molecule has 7 heteroatoms. The van der Waals surface area contributed by atoms with Crippen LogP contribution in [0.4, 0.5) is 0 Å². The Morgan fingerprint density at radius 1 is 1.08 bits per heavy atom. The van der Waals surface area contributed by atoms with Crippen LogP contribution < -0.4 is 0 Å². The molecule has 72 valence electrons. The molecular weight excluding hydrogens is 245 g/mol. The summed E-state index contributed by atoms with van der Waals surface area (Å²) in [6.45, 7) is 0.621. The average molecular weight is 253 g/mol. The Labute approximate surface area is 85.8 Å². The summed E-state index contributed by atoms with van der Waals surface area (Å²) in [6.07, 6.45) is 1.54. The van der Waals surface area contributed by atoms with Gasteiger partial charge >= 0.3 is 7.60 Å². The highest BCUT2D eigenvalue weighted by molar-refractivity contribution is 7.62. The van der Waals surface area contributed by atoms with Gasteiger partial charge in [0.1, 0.15) is 0 Å². The first kappa shape index (κ1) is 11.1. The van der Waals surface area contributed by atoms with Crippen LogP contribution in [0.2, 0.25) is 0 Å². The van der Waals surface area contributed by atoms with Gasteiger partial charge in [-0.05, 0) is 12.8 Å². The second-order valence-corrected chi connectivity index (χ2v) is 7.59. The summed E-state index contributed by atoms with van der Waals surface area (Å²) in [6, 6.07) is 0. The zero-order chi connectivity index (χ0) is 9.24. The molecule has 0 atom stereocenters. The summed E-state index contributed by atoms with van der Waals surface area (Å²) >= 11 is 16.3. The predicted octanol–water partition coefficient (Wildman–Crippen LogP) is 3.33. The smallest absolute Gasteiger partial charge is 0.306 e. The summed E-state index contributed by atoms with van der Waals surface area (Å²) in [4.78, 5) is 0. The number of rotatable bonds is 0. The summed E-state index contributed by atoms with van der Waals surface area (Å²) < 4.78 is 19.4. The molecule has 1 heterocycles. The van der Waals surface area contributed by atoms with Gasteiger partial charge in [0.15, 0.2) is 0 Å². The Bertz CT molecular complexity index is 191. The maximum absolute atomic E-state index is 11.6.